The van der Waals surface area contributed by atoms with E-state index in [0.717, 1.165) is 5.56 Å². The first kappa shape index (κ1) is 7.72. The number of carbonyl (C=O) groups is 1. The van der Waals surface area contributed by atoms with Crippen LogP contribution in [0, 0.1) is 6.92 Å². The van der Waals surface area contributed by atoms with Crippen LogP contribution in [0.2, 0.25) is 0 Å². The molecule has 0 bridgehead atoms. The number of primary amides is 1. The summed E-state index contributed by atoms with van der Waals surface area (Å²) in [4.78, 5) is 10.8. The first-order chi connectivity index (χ1) is 5.11. The number of nitrogens with two attached hydrogens (primary N) is 1. The van der Waals surface area contributed by atoms with E-state index in [1.807, 2.05) is 26.2 Å². The lowest BCUT2D eigenvalue weighted by Gasteiger charge is -1.96. The molecule has 3 heteroatoms. The average Bonchev–Trinajstić information content (AvgIpc) is 1.94. The molecule has 1 amide bonds. The number of carbonyl (C=O) groups excluding carboxylic acids is 1. The summed E-state index contributed by atoms with van der Waals surface area (Å²) in [7, 11) is 1.85. The normalized spacial score (nSPS) is 9.64. The molecule has 0 aliphatic carbocycles. The van der Waals surface area contributed by atoms with Crippen molar-refractivity contribution in [3.05, 3.63) is 29.6 Å². The fourth-order valence-electron chi connectivity index (χ4n) is 0.926. The summed E-state index contributed by atoms with van der Waals surface area (Å²) in [5.74, 6) is -0.376. The molecule has 0 spiro atoms. The van der Waals surface area contributed by atoms with Crippen LogP contribution in [0.3, 0.4) is 0 Å². The summed E-state index contributed by atoms with van der Waals surface area (Å²) in [5.41, 5.74) is 6.62. The van der Waals surface area contributed by atoms with Crippen molar-refractivity contribution in [2.24, 2.45) is 12.8 Å². The van der Waals surface area contributed by atoms with Gasteiger partial charge in [0.2, 0.25) is 0 Å². The van der Waals surface area contributed by atoms with Crippen LogP contribution >= 0.6 is 0 Å². The lowest BCUT2D eigenvalue weighted by atomic mass is 10.1. The fourth-order valence-corrected chi connectivity index (χ4v) is 0.926. The highest BCUT2D eigenvalue weighted by atomic mass is 16.1. The van der Waals surface area contributed by atoms with Crippen molar-refractivity contribution in [3.63, 3.8) is 0 Å². The molecule has 58 valence electrons. The first-order valence-corrected chi connectivity index (χ1v) is 3.37. The Kier molecular flexibility index (Phi) is 1.89. The molecule has 0 radical (unpaired) electrons. The minimum absolute atomic E-state index is 0.376. The van der Waals surface area contributed by atoms with Gasteiger partial charge in [-0.3, -0.25) is 4.79 Å². The first-order valence-electron chi connectivity index (χ1n) is 3.37. The molecule has 0 saturated heterocycles. The highest BCUT2D eigenvalue weighted by Gasteiger charge is 2.07. The van der Waals surface area contributed by atoms with Crippen LogP contribution < -0.4 is 10.3 Å². The number of aromatic nitrogens is 1. The zero-order valence-corrected chi connectivity index (χ0v) is 6.66. The van der Waals surface area contributed by atoms with E-state index in [1.54, 1.807) is 10.8 Å². The molecule has 0 saturated carbocycles. The minimum Gasteiger partial charge on any atom is -0.365 e. The van der Waals surface area contributed by atoms with Gasteiger partial charge < -0.3 is 5.73 Å². The topological polar surface area (TPSA) is 47.0 Å². The fraction of sp³-hybridized carbons (Fsp3) is 0.250. The molecule has 1 rings (SSSR count). The number of aryl methyl sites for hydroxylation is 2. The highest BCUT2D eigenvalue weighted by Crippen LogP contribution is 2.01. The minimum atomic E-state index is -0.376. The van der Waals surface area contributed by atoms with Crippen LogP contribution in [0.15, 0.2) is 18.5 Å². The Morgan fingerprint density at radius 2 is 2.27 bits per heavy atom. The van der Waals surface area contributed by atoms with Crippen LogP contribution in [0.1, 0.15) is 15.9 Å². The van der Waals surface area contributed by atoms with Crippen molar-refractivity contribution < 1.29 is 9.36 Å². The molecule has 2 N–H and O–H groups in total. The molecule has 0 atom stereocenters. The molecule has 0 unspecified atom stereocenters. The Morgan fingerprint density at radius 3 is 2.73 bits per heavy atom. The van der Waals surface area contributed by atoms with Gasteiger partial charge in [0.1, 0.15) is 12.6 Å². The Morgan fingerprint density at radius 1 is 1.64 bits per heavy atom. The van der Waals surface area contributed by atoms with Crippen molar-refractivity contribution in [3.8, 4) is 0 Å². The van der Waals surface area contributed by atoms with E-state index < -0.39 is 0 Å². The van der Waals surface area contributed by atoms with Gasteiger partial charge in [-0.05, 0) is 12.5 Å². The zero-order valence-electron chi connectivity index (χ0n) is 6.66. The number of hydrogen-bond donors (Lipinski definition) is 1. The van der Waals surface area contributed by atoms with E-state index in [-0.39, 0.29) is 5.91 Å². The van der Waals surface area contributed by atoms with Gasteiger partial charge in [-0.25, -0.2) is 4.57 Å². The van der Waals surface area contributed by atoms with Gasteiger partial charge in [0.25, 0.3) is 5.91 Å². The second-order valence-electron chi connectivity index (χ2n) is 2.57. The molecular formula is C8H11N2O+. The smallest absolute Gasteiger partial charge is 0.255 e. The summed E-state index contributed by atoms with van der Waals surface area (Å²) in [6.45, 7) is 1.86. The number of rotatable bonds is 1. The molecule has 0 aliphatic heterocycles. The van der Waals surface area contributed by atoms with E-state index in [9.17, 15) is 4.79 Å². The van der Waals surface area contributed by atoms with Crippen LogP contribution in [0.4, 0.5) is 0 Å². The molecule has 1 aromatic rings. The second-order valence-corrected chi connectivity index (χ2v) is 2.57. The molecule has 0 aliphatic rings. The third kappa shape index (κ3) is 1.55. The van der Waals surface area contributed by atoms with E-state index in [0.29, 0.717) is 5.56 Å². The molecular weight excluding hydrogens is 140 g/mol. The lowest BCUT2D eigenvalue weighted by molar-refractivity contribution is -0.671. The summed E-state index contributed by atoms with van der Waals surface area (Å²) in [6, 6.07) is 1.86. The van der Waals surface area contributed by atoms with E-state index >= 15 is 0 Å². The second kappa shape index (κ2) is 2.70. The molecule has 3 nitrogen and oxygen atoms in total. The van der Waals surface area contributed by atoms with Crippen LogP contribution in [0.5, 0.6) is 0 Å². The number of amides is 1. The number of hydrogen-bond acceptors (Lipinski definition) is 1. The van der Waals surface area contributed by atoms with Crippen LogP contribution in [-0.4, -0.2) is 5.91 Å². The highest BCUT2D eigenvalue weighted by molar-refractivity contribution is 5.93. The maximum Gasteiger partial charge on any atom is 0.255 e. The van der Waals surface area contributed by atoms with Gasteiger partial charge in [0, 0.05) is 6.07 Å². The van der Waals surface area contributed by atoms with Crippen LogP contribution in [-0.2, 0) is 7.05 Å². The Bertz CT molecular complexity index is 294. The standard InChI is InChI=1S/C8H10N2O/c1-6-3-4-10(2)5-7(6)8(9)11/h3-5H,1-2H3,(H-,9,11)/p+1. The Balaban J connectivity index is 3.23. The third-order valence-electron chi connectivity index (χ3n) is 1.58. The third-order valence-corrected chi connectivity index (χ3v) is 1.58. The van der Waals surface area contributed by atoms with Crippen molar-refractivity contribution >= 4 is 5.91 Å². The molecule has 1 aromatic heterocycles. The summed E-state index contributed by atoms with van der Waals surface area (Å²) in [5, 5.41) is 0. The number of nitrogens with zero attached hydrogens (tertiary/aromatic N) is 1. The van der Waals surface area contributed by atoms with Gasteiger partial charge in [-0.2, -0.15) is 0 Å². The largest absolute Gasteiger partial charge is 0.365 e. The van der Waals surface area contributed by atoms with Gasteiger partial charge in [0.05, 0.1) is 0 Å². The van der Waals surface area contributed by atoms with Crippen LogP contribution in [0.25, 0.3) is 0 Å². The lowest BCUT2D eigenvalue weighted by Crippen LogP contribution is -2.29. The van der Waals surface area contributed by atoms with Crippen molar-refractivity contribution in [2.75, 3.05) is 0 Å². The molecule has 0 aromatic carbocycles. The monoisotopic (exact) mass is 151 g/mol. The van der Waals surface area contributed by atoms with Crippen molar-refractivity contribution in [2.45, 2.75) is 6.92 Å². The molecule has 0 fully saturated rings. The van der Waals surface area contributed by atoms with Crippen molar-refractivity contribution in [1.82, 2.24) is 0 Å². The zero-order chi connectivity index (χ0) is 8.43. The summed E-state index contributed by atoms with van der Waals surface area (Å²) in [6.07, 6.45) is 3.60. The maximum absolute atomic E-state index is 10.8. The SMILES string of the molecule is Cc1cc[n+](C)cc1C(N)=O. The molecule has 1 heterocycles. The predicted molar refractivity (Wildman–Crippen MR) is 40.9 cm³/mol. The summed E-state index contributed by atoms with van der Waals surface area (Å²) < 4.78 is 1.80. The van der Waals surface area contributed by atoms with Gasteiger partial charge in [-0.15, -0.1) is 0 Å². The average molecular weight is 151 g/mol. The predicted octanol–water partition coefficient (Wildman–Crippen LogP) is -0.0816. The Hall–Kier alpha value is -1.38. The van der Waals surface area contributed by atoms with Gasteiger partial charge in [0.15, 0.2) is 12.4 Å². The van der Waals surface area contributed by atoms with Crippen molar-refractivity contribution in [1.29, 1.82) is 0 Å². The summed E-state index contributed by atoms with van der Waals surface area (Å²) >= 11 is 0. The van der Waals surface area contributed by atoms with E-state index in [4.69, 9.17) is 5.73 Å². The van der Waals surface area contributed by atoms with Gasteiger partial charge in [-0.1, -0.05) is 0 Å². The number of pyridine rings is 1. The van der Waals surface area contributed by atoms with E-state index in [2.05, 4.69) is 0 Å². The quantitative estimate of drug-likeness (QED) is 0.560. The van der Waals surface area contributed by atoms with E-state index in [1.165, 1.54) is 0 Å². The molecule has 11 heavy (non-hydrogen) atoms. The maximum atomic E-state index is 10.8. The Labute approximate surface area is 65.5 Å². The van der Waals surface area contributed by atoms with Gasteiger partial charge >= 0.3 is 0 Å².